The van der Waals surface area contributed by atoms with Crippen LogP contribution in [0.5, 0.6) is 0 Å². The lowest BCUT2D eigenvalue weighted by molar-refractivity contribution is 0.737. The summed E-state index contributed by atoms with van der Waals surface area (Å²) in [6.07, 6.45) is 0.906. The number of fused-ring (bicyclic) bond motifs is 5. The van der Waals surface area contributed by atoms with Crippen LogP contribution in [0.2, 0.25) is 0 Å². The number of hydrogen-bond acceptors (Lipinski definition) is 1. The van der Waals surface area contributed by atoms with E-state index in [1.54, 1.807) is 0 Å². The topological polar surface area (TPSA) is 32.9 Å². The molecule has 2 aromatic carbocycles. The molecule has 0 saturated carbocycles. The van der Waals surface area contributed by atoms with Gasteiger partial charge >= 0.3 is 0 Å². The van der Waals surface area contributed by atoms with E-state index >= 15 is 0 Å². The molecular weight excluding hydrogens is 270 g/mol. The fourth-order valence-corrected chi connectivity index (χ4v) is 2.86. The van der Waals surface area contributed by atoms with Crippen LogP contribution in [-0.4, -0.2) is 4.98 Å². The van der Waals surface area contributed by atoms with Crippen molar-refractivity contribution >= 4 is 10.8 Å². The molecule has 0 saturated heterocycles. The predicted octanol–water partition coefficient (Wildman–Crippen LogP) is 4.76. The molecule has 0 bridgehead atoms. The van der Waals surface area contributed by atoms with E-state index < -0.39 is 0 Å². The second-order valence-electron chi connectivity index (χ2n) is 6.42. The first-order chi connectivity index (χ1) is 10.6. The first kappa shape index (κ1) is 14.6. The van der Waals surface area contributed by atoms with Crippen LogP contribution in [0.15, 0.2) is 53.3 Å². The smallest absolute Gasteiger partial charge is 0.256 e. The molecule has 2 nitrogen and oxygen atoms in total. The number of aromatic amines is 1. The Morgan fingerprint density at radius 2 is 1.50 bits per heavy atom. The molecule has 0 radical (unpaired) electrons. The Morgan fingerprint density at radius 1 is 0.909 bits per heavy atom. The molecule has 112 valence electrons. The Kier molecular flexibility index (Phi) is 3.84. The molecule has 0 unspecified atom stereocenters. The Labute approximate surface area is 130 Å². The summed E-state index contributed by atoms with van der Waals surface area (Å²) in [6, 6.07) is 16.1. The molecule has 0 fully saturated rings. The number of nitrogens with one attached hydrogen (secondary N) is 1. The van der Waals surface area contributed by atoms with Gasteiger partial charge in [-0.2, -0.15) is 0 Å². The molecule has 22 heavy (non-hydrogen) atoms. The van der Waals surface area contributed by atoms with E-state index in [0.29, 0.717) is 0 Å². The number of rotatable bonds is 0. The standard InChI is InChI=1S/C16H11NO.C4H10/c18-16-13-8-4-3-7-12(13)14-9-10-5-1-2-6-11(10)15(14)17-16;1-4(2)3/h1-8H,9H2,(H,17,18);4H,1-3H3. The van der Waals surface area contributed by atoms with Crippen molar-refractivity contribution in [1.29, 1.82) is 0 Å². The first-order valence-electron chi connectivity index (χ1n) is 7.80. The zero-order chi connectivity index (χ0) is 15.7. The SMILES string of the molecule is CC(C)C.O=c1[nH]c2c(c3ccccc13)Cc1ccccc1-2. The molecule has 0 spiro atoms. The van der Waals surface area contributed by atoms with Gasteiger partial charge in [0.1, 0.15) is 0 Å². The van der Waals surface area contributed by atoms with E-state index in [1.165, 1.54) is 11.1 Å². The van der Waals surface area contributed by atoms with Gasteiger partial charge in [0, 0.05) is 17.4 Å². The van der Waals surface area contributed by atoms with Crippen LogP contribution in [0.1, 0.15) is 31.9 Å². The van der Waals surface area contributed by atoms with E-state index in [9.17, 15) is 4.79 Å². The third-order valence-electron chi connectivity index (χ3n) is 3.69. The summed E-state index contributed by atoms with van der Waals surface area (Å²) in [6.45, 7) is 6.50. The highest BCUT2D eigenvalue weighted by molar-refractivity contribution is 5.92. The second kappa shape index (κ2) is 5.80. The van der Waals surface area contributed by atoms with E-state index in [-0.39, 0.29) is 5.56 Å². The van der Waals surface area contributed by atoms with Crippen LogP contribution in [0, 0.1) is 5.92 Å². The molecule has 2 heteroatoms. The van der Waals surface area contributed by atoms with Gasteiger partial charge in [0.25, 0.3) is 5.56 Å². The predicted molar refractivity (Wildman–Crippen MR) is 93.3 cm³/mol. The number of pyridine rings is 1. The van der Waals surface area contributed by atoms with Gasteiger partial charge in [-0.25, -0.2) is 0 Å². The van der Waals surface area contributed by atoms with Gasteiger partial charge in [-0.15, -0.1) is 0 Å². The number of hydrogen-bond donors (Lipinski definition) is 1. The average Bonchev–Trinajstić information content (AvgIpc) is 2.86. The maximum Gasteiger partial charge on any atom is 0.256 e. The van der Waals surface area contributed by atoms with Crippen molar-refractivity contribution < 1.29 is 0 Å². The highest BCUT2D eigenvalue weighted by atomic mass is 16.1. The first-order valence-corrected chi connectivity index (χ1v) is 7.80. The molecule has 0 atom stereocenters. The van der Waals surface area contributed by atoms with Crippen LogP contribution in [-0.2, 0) is 6.42 Å². The summed E-state index contributed by atoms with van der Waals surface area (Å²) >= 11 is 0. The van der Waals surface area contributed by atoms with Gasteiger partial charge in [0.15, 0.2) is 0 Å². The molecule has 1 aliphatic carbocycles. The van der Waals surface area contributed by atoms with Crippen LogP contribution >= 0.6 is 0 Å². The fraction of sp³-hybridized carbons (Fsp3) is 0.250. The monoisotopic (exact) mass is 291 g/mol. The molecular formula is C20H21NO. The lowest BCUT2D eigenvalue weighted by Gasteiger charge is -2.04. The summed E-state index contributed by atoms with van der Waals surface area (Å²) in [5.41, 5.74) is 4.69. The largest absolute Gasteiger partial charge is 0.321 e. The third-order valence-corrected chi connectivity index (χ3v) is 3.69. The Bertz CT molecular complexity index is 871. The summed E-state index contributed by atoms with van der Waals surface area (Å²) in [5, 5.41) is 1.86. The molecule has 1 aliphatic rings. The summed E-state index contributed by atoms with van der Waals surface area (Å²) < 4.78 is 0. The summed E-state index contributed by atoms with van der Waals surface area (Å²) in [5.74, 6) is 0.833. The van der Waals surface area contributed by atoms with Gasteiger partial charge in [-0.1, -0.05) is 63.2 Å². The lowest BCUT2D eigenvalue weighted by atomic mass is 10.0. The summed E-state index contributed by atoms with van der Waals surface area (Å²) in [4.78, 5) is 15.1. The van der Waals surface area contributed by atoms with E-state index in [0.717, 1.165) is 34.4 Å². The minimum Gasteiger partial charge on any atom is -0.321 e. The highest BCUT2D eigenvalue weighted by Crippen LogP contribution is 2.37. The molecule has 3 aromatic rings. The van der Waals surface area contributed by atoms with E-state index in [2.05, 4.69) is 37.9 Å². The minimum absolute atomic E-state index is 0.000975. The van der Waals surface area contributed by atoms with Crippen LogP contribution in [0.25, 0.3) is 22.0 Å². The quantitative estimate of drug-likeness (QED) is 0.498. The van der Waals surface area contributed by atoms with Crippen molar-refractivity contribution in [3.63, 3.8) is 0 Å². The molecule has 1 N–H and O–H groups in total. The normalized spacial score (nSPS) is 11.8. The van der Waals surface area contributed by atoms with Crippen LogP contribution in [0.4, 0.5) is 0 Å². The number of H-pyrrole nitrogens is 1. The zero-order valence-electron chi connectivity index (χ0n) is 13.3. The zero-order valence-corrected chi connectivity index (χ0v) is 13.3. The molecule has 1 aromatic heterocycles. The lowest BCUT2D eigenvalue weighted by Crippen LogP contribution is -2.08. The average molecular weight is 291 g/mol. The van der Waals surface area contributed by atoms with Crippen molar-refractivity contribution in [1.82, 2.24) is 4.98 Å². The Hall–Kier alpha value is -2.35. The van der Waals surface area contributed by atoms with E-state index in [4.69, 9.17) is 0 Å². The van der Waals surface area contributed by atoms with Crippen molar-refractivity contribution in [2.24, 2.45) is 5.92 Å². The third kappa shape index (κ3) is 2.57. The number of benzene rings is 2. The maximum absolute atomic E-state index is 12.1. The Balaban J connectivity index is 0.000000325. The van der Waals surface area contributed by atoms with E-state index in [1.807, 2.05) is 36.4 Å². The van der Waals surface area contributed by atoms with Gasteiger partial charge in [-0.05, 0) is 28.5 Å². The second-order valence-corrected chi connectivity index (χ2v) is 6.42. The van der Waals surface area contributed by atoms with Crippen LogP contribution < -0.4 is 5.56 Å². The van der Waals surface area contributed by atoms with Gasteiger partial charge in [0.2, 0.25) is 0 Å². The molecule has 0 amide bonds. The van der Waals surface area contributed by atoms with Gasteiger partial charge in [-0.3, -0.25) is 4.79 Å². The summed E-state index contributed by atoms with van der Waals surface area (Å²) in [7, 11) is 0. The molecule has 1 heterocycles. The number of aromatic nitrogens is 1. The van der Waals surface area contributed by atoms with Crippen molar-refractivity contribution in [2.45, 2.75) is 27.2 Å². The molecule has 4 rings (SSSR count). The van der Waals surface area contributed by atoms with Crippen LogP contribution in [0.3, 0.4) is 0 Å². The highest BCUT2D eigenvalue weighted by Gasteiger charge is 2.21. The van der Waals surface area contributed by atoms with Crippen molar-refractivity contribution in [3.8, 4) is 11.3 Å². The van der Waals surface area contributed by atoms with Crippen molar-refractivity contribution in [3.05, 3.63) is 70.0 Å². The van der Waals surface area contributed by atoms with Gasteiger partial charge < -0.3 is 4.98 Å². The molecule has 0 aliphatic heterocycles. The maximum atomic E-state index is 12.1. The van der Waals surface area contributed by atoms with Gasteiger partial charge in [0.05, 0.1) is 5.69 Å². The van der Waals surface area contributed by atoms with Crippen molar-refractivity contribution in [2.75, 3.05) is 0 Å². The minimum atomic E-state index is 0.000975. The fourth-order valence-electron chi connectivity index (χ4n) is 2.86. The Morgan fingerprint density at radius 3 is 2.23 bits per heavy atom.